The van der Waals surface area contributed by atoms with Gasteiger partial charge in [-0.05, 0) is 28.1 Å². The van der Waals surface area contributed by atoms with Crippen molar-refractivity contribution in [2.24, 2.45) is 0 Å². The molecule has 0 spiro atoms. The lowest BCUT2D eigenvalue weighted by Gasteiger charge is -1.96. The van der Waals surface area contributed by atoms with Crippen molar-refractivity contribution < 1.29 is 8.81 Å². The number of hydrogen-bond acceptors (Lipinski definition) is 1. The smallest absolute Gasteiger partial charge is 0.152 e. The summed E-state index contributed by atoms with van der Waals surface area (Å²) >= 11 is 8.82. The average Bonchev–Trinajstić information content (AvgIpc) is 2.48. The van der Waals surface area contributed by atoms with Gasteiger partial charge in [0.05, 0.1) is 21.1 Å². The molecule has 2 aromatic rings. The molecule has 12 heavy (non-hydrogen) atoms. The van der Waals surface area contributed by atoms with Crippen molar-refractivity contribution in [1.82, 2.24) is 0 Å². The molecule has 1 aromatic carbocycles. The number of fused-ring (bicyclic) bond motifs is 1. The van der Waals surface area contributed by atoms with Gasteiger partial charge in [0.2, 0.25) is 0 Å². The van der Waals surface area contributed by atoms with Gasteiger partial charge in [0.25, 0.3) is 0 Å². The van der Waals surface area contributed by atoms with E-state index in [9.17, 15) is 4.39 Å². The summed E-state index contributed by atoms with van der Waals surface area (Å²) in [4.78, 5) is 0. The number of benzene rings is 1. The molecule has 0 bridgehead atoms. The Morgan fingerprint density at radius 1 is 1.50 bits per heavy atom. The van der Waals surface area contributed by atoms with Crippen molar-refractivity contribution in [2.45, 2.75) is 0 Å². The molecule has 0 aliphatic heterocycles. The van der Waals surface area contributed by atoms with Crippen LogP contribution in [0, 0.1) is 5.82 Å². The third-order valence-electron chi connectivity index (χ3n) is 1.58. The third kappa shape index (κ3) is 1.04. The van der Waals surface area contributed by atoms with Gasteiger partial charge in [-0.3, -0.25) is 0 Å². The molecule has 0 N–H and O–H groups in total. The zero-order valence-electron chi connectivity index (χ0n) is 5.77. The molecule has 1 heterocycles. The minimum absolute atomic E-state index is 0.0933. The van der Waals surface area contributed by atoms with Crippen LogP contribution in [0.25, 0.3) is 11.0 Å². The van der Waals surface area contributed by atoms with E-state index in [0.717, 1.165) is 0 Å². The molecule has 62 valence electrons. The Kier molecular flexibility index (Phi) is 1.85. The van der Waals surface area contributed by atoms with Crippen molar-refractivity contribution in [1.29, 1.82) is 0 Å². The third-order valence-corrected chi connectivity index (χ3v) is 2.45. The monoisotopic (exact) mass is 248 g/mol. The molecule has 0 aliphatic carbocycles. The van der Waals surface area contributed by atoms with Crippen LogP contribution in [-0.2, 0) is 0 Å². The van der Waals surface area contributed by atoms with Gasteiger partial charge in [-0.25, -0.2) is 4.39 Å². The zero-order valence-corrected chi connectivity index (χ0v) is 8.12. The van der Waals surface area contributed by atoms with Gasteiger partial charge in [0.15, 0.2) is 11.4 Å². The normalized spacial score (nSPS) is 10.9. The van der Waals surface area contributed by atoms with Gasteiger partial charge >= 0.3 is 0 Å². The molecular weight excluding hydrogens is 246 g/mol. The largest absolute Gasteiger partial charge is 0.463 e. The fourth-order valence-corrected chi connectivity index (χ4v) is 1.91. The summed E-state index contributed by atoms with van der Waals surface area (Å²) in [5, 5.41) is 0.491. The maximum atomic E-state index is 13.2. The summed E-state index contributed by atoms with van der Waals surface area (Å²) < 4.78 is 18.9. The van der Waals surface area contributed by atoms with Crippen LogP contribution in [0.3, 0.4) is 0 Å². The Bertz CT molecular complexity index is 438. The van der Waals surface area contributed by atoms with Gasteiger partial charge in [0.1, 0.15) is 0 Å². The SMILES string of the molecule is Fc1c(Cl)cc(Br)c2occc12. The highest BCUT2D eigenvalue weighted by molar-refractivity contribution is 9.10. The van der Waals surface area contributed by atoms with E-state index in [1.54, 1.807) is 6.07 Å². The van der Waals surface area contributed by atoms with Crippen LogP contribution in [0.4, 0.5) is 4.39 Å². The Hall–Kier alpha value is -0.540. The fraction of sp³-hybridized carbons (Fsp3) is 0. The molecule has 0 saturated heterocycles. The van der Waals surface area contributed by atoms with E-state index in [1.165, 1.54) is 12.3 Å². The summed E-state index contributed by atoms with van der Waals surface area (Å²) in [5.74, 6) is -0.441. The minimum Gasteiger partial charge on any atom is -0.463 e. The van der Waals surface area contributed by atoms with Crippen LogP contribution in [0.1, 0.15) is 0 Å². The van der Waals surface area contributed by atoms with Crippen LogP contribution in [-0.4, -0.2) is 0 Å². The first-order chi connectivity index (χ1) is 5.70. The van der Waals surface area contributed by atoms with E-state index in [1.807, 2.05) is 0 Å². The predicted molar refractivity (Wildman–Crippen MR) is 48.9 cm³/mol. The first-order valence-corrected chi connectivity index (χ1v) is 4.38. The van der Waals surface area contributed by atoms with Crippen molar-refractivity contribution in [3.05, 3.63) is 33.7 Å². The molecule has 0 amide bonds. The molecule has 2 rings (SSSR count). The Morgan fingerprint density at radius 3 is 3.00 bits per heavy atom. The van der Waals surface area contributed by atoms with Crippen molar-refractivity contribution in [3.63, 3.8) is 0 Å². The quantitative estimate of drug-likeness (QED) is 0.644. The highest BCUT2D eigenvalue weighted by atomic mass is 79.9. The Labute approximate surface area is 81.2 Å². The van der Waals surface area contributed by atoms with E-state index in [2.05, 4.69) is 15.9 Å². The lowest BCUT2D eigenvalue weighted by atomic mass is 10.2. The first kappa shape index (κ1) is 8.08. The van der Waals surface area contributed by atoms with Crippen LogP contribution in [0.2, 0.25) is 5.02 Å². The van der Waals surface area contributed by atoms with Gasteiger partial charge in [-0.15, -0.1) is 0 Å². The maximum absolute atomic E-state index is 13.2. The van der Waals surface area contributed by atoms with Gasteiger partial charge in [-0.1, -0.05) is 11.6 Å². The van der Waals surface area contributed by atoms with Crippen molar-refractivity contribution >= 4 is 38.5 Å². The van der Waals surface area contributed by atoms with Crippen molar-refractivity contribution in [3.8, 4) is 0 Å². The second-order valence-corrected chi connectivity index (χ2v) is 3.58. The van der Waals surface area contributed by atoms with Crippen molar-refractivity contribution in [2.75, 3.05) is 0 Å². The van der Waals surface area contributed by atoms with Crippen LogP contribution < -0.4 is 0 Å². The van der Waals surface area contributed by atoms with Crippen LogP contribution >= 0.6 is 27.5 Å². The fourth-order valence-electron chi connectivity index (χ4n) is 1.04. The Morgan fingerprint density at radius 2 is 2.25 bits per heavy atom. The molecular formula is C8H3BrClFO. The summed E-state index contributed by atoms with van der Waals surface area (Å²) in [6.45, 7) is 0. The number of furan rings is 1. The molecule has 1 nitrogen and oxygen atoms in total. The second kappa shape index (κ2) is 2.75. The molecule has 1 aromatic heterocycles. The standard InChI is InChI=1S/C8H3BrClFO/c9-5-3-6(10)7(11)4-1-2-12-8(4)5/h1-3H. The van der Waals surface area contributed by atoms with Crippen LogP contribution in [0.5, 0.6) is 0 Å². The lowest BCUT2D eigenvalue weighted by Crippen LogP contribution is -1.78. The van der Waals surface area contributed by atoms with E-state index in [4.69, 9.17) is 16.0 Å². The number of halogens is 3. The van der Waals surface area contributed by atoms with Crippen LogP contribution in [0.15, 0.2) is 27.3 Å². The molecule has 0 fully saturated rings. The topological polar surface area (TPSA) is 13.1 Å². The highest BCUT2D eigenvalue weighted by Gasteiger charge is 2.11. The van der Waals surface area contributed by atoms with E-state index in [-0.39, 0.29) is 5.02 Å². The maximum Gasteiger partial charge on any atom is 0.152 e. The minimum atomic E-state index is -0.441. The zero-order chi connectivity index (χ0) is 8.72. The Balaban J connectivity index is 2.97. The molecule has 0 unspecified atom stereocenters. The summed E-state index contributed by atoms with van der Waals surface area (Å²) in [5.41, 5.74) is 0.483. The number of hydrogen-bond donors (Lipinski definition) is 0. The molecule has 0 atom stereocenters. The molecule has 4 heteroatoms. The average molecular weight is 249 g/mol. The summed E-state index contributed by atoms with van der Waals surface area (Å²) in [7, 11) is 0. The summed E-state index contributed by atoms with van der Waals surface area (Å²) in [6, 6.07) is 3.02. The number of rotatable bonds is 0. The van der Waals surface area contributed by atoms with Gasteiger partial charge in [-0.2, -0.15) is 0 Å². The van der Waals surface area contributed by atoms with Gasteiger partial charge in [0, 0.05) is 0 Å². The lowest BCUT2D eigenvalue weighted by molar-refractivity contribution is 0.608. The first-order valence-electron chi connectivity index (χ1n) is 3.21. The molecule has 0 saturated carbocycles. The van der Waals surface area contributed by atoms with E-state index >= 15 is 0 Å². The predicted octanol–water partition coefficient (Wildman–Crippen LogP) is 3.99. The molecule has 0 aliphatic rings. The molecule has 0 radical (unpaired) electrons. The highest BCUT2D eigenvalue weighted by Crippen LogP contribution is 2.31. The van der Waals surface area contributed by atoms with Gasteiger partial charge < -0.3 is 4.42 Å². The summed E-state index contributed by atoms with van der Waals surface area (Å²) in [6.07, 6.45) is 1.43. The van der Waals surface area contributed by atoms with E-state index < -0.39 is 5.82 Å². The van der Waals surface area contributed by atoms with E-state index in [0.29, 0.717) is 15.4 Å². The second-order valence-electron chi connectivity index (χ2n) is 2.32.